The molecule has 0 aromatic carbocycles. The van der Waals surface area contributed by atoms with Crippen LogP contribution in [0.1, 0.15) is 39.5 Å². The summed E-state index contributed by atoms with van der Waals surface area (Å²) in [5.74, 6) is -1.29. The van der Waals surface area contributed by atoms with E-state index < -0.39 is 5.92 Å². The molecular formula is C12H20F2N. The van der Waals surface area contributed by atoms with E-state index in [2.05, 4.69) is 13.8 Å². The molecule has 0 amide bonds. The number of likely N-dealkylation sites (tertiary alicyclic amines) is 1. The third-order valence-electron chi connectivity index (χ3n) is 4.04. The molecule has 0 bridgehead atoms. The lowest BCUT2D eigenvalue weighted by atomic mass is 9.87. The van der Waals surface area contributed by atoms with Gasteiger partial charge in [-0.25, -0.2) is 8.78 Å². The molecule has 1 saturated heterocycles. The van der Waals surface area contributed by atoms with Crippen molar-refractivity contribution in [3.05, 3.63) is 6.04 Å². The van der Waals surface area contributed by atoms with Crippen LogP contribution in [0.3, 0.4) is 0 Å². The lowest BCUT2D eigenvalue weighted by molar-refractivity contribution is -0.0243. The second-order valence-corrected chi connectivity index (χ2v) is 5.19. The fourth-order valence-corrected chi connectivity index (χ4v) is 2.70. The van der Waals surface area contributed by atoms with Crippen molar-refractivity contribution in [3.63, 3.8) is 0 Å². The molecule has 2 fully saturated rings. The van der Waals surface area contributed by atoms with Gasteiger partial charge in [0.15, 0.2) is 0 Å². The minimum absolute atomic E-state index is 0.0583. The van der Waals surface area contributed by atoms with E-state index in [0.717, 1.165) is 19.5 Å². The van der Waals surface area contributed by atoms with Crippen molar-refractivity contribution < 1.29 is 8.78 Å². The first-order valence-corrected chi connectivity index (χ1v) is 6.00. The summed E-state index contributed by atoms with van der Waals surface area (Å²) in [6, 6.07) is 0.418. The molecular weight excluding hydrogens is 196 g/mol. The molecule has 2 unspecified atom stereocenters. The third kappa shape index (κ3) is 2.17. The molecule has 0 aromatic heterocycles. The minimum atomic E-state index is -2.51. The van der Waals surface area contributed by atoms with Crippen LogP contribution in [0.4, 0.5) is 8.78 Å². The summed E-state index contributed by atoms with van der Waals surface area (Å²) in [5, 5.41) is 0. The van der Waals surface area contributed by atoms with E-state index in [4.69, 9.17) is 0 Å². The zero-order valence-corrected chi connectivity index (χ0v) is 9.60. The Kier molecular flexibility index (Phi) is 3.02. The molecule has 87 valence electrons. The zero-order chi connectivity index (χ0) is 11.1. The number of hydrogen-bond donors (Lipinski definition) is 0. The topological polar surface area (TPSA) is 3.24 Å². The molecule has 0 spiro atoms. The molecule has 1 heterocycles. The van der Waals surface area contributed by atoms with Crippen molar-refractivity contribution in [2.45, 2.75) is 45.5 Å². The Labute approximate surface area is 90.8 Å². The summed E-state index contributed by atoms with van der Waals surface area (Å²) in [7, 11) is 0. The Morgan fingerprint density at radius 1 is 1.27 bits per heavy atom. The quantitative estimate of drug-likeness (QED) is 0.650. The van der Waals surface area contributed by atoms with Gasteiger partial charge in [-0.1, -0.05) is 13.8 Å². The van der Waals surface area contributed by atoms with Crippen molar-refractivity contribution in [1.82, 2.24) is 4.90 Å². The molecule has 3 heteroatoms. The second-order valence-electron chi connectivity index (χ2n) is 5.19. The summed E-state index contributed by atoms with van der Waals surface area (Å²) in [5.41, 5.74) is 0. The predicted molar refractivity (Wildman–Crippen MR) is 56.6 cm³/mol. The second kappa shape index (κ2) is 4.00. The summed E-state index contributed by atoms with van der Waals surface area (Å²) in [6.07, 6.45) is 2.38. The standard InChI is InChI=1S/C12H20F2N/c1-9-5-7-15(8-10(9)2)11-4-3-6-12(11,13)14/h9-10H,3-8H2,1-2H3. The van der Waals surface area contributed by atoms with Gasteiger partial charge in [-0.05, 0) is 37.6 Å². The van der Waals surface area contributed by atoms with Gasteiger partial charge in [0.2, 0.25) is 0 Å². The van der Waals surface area contributed by atoms with Gasteiger partial charge in [0.1, 0.15) is 6.04 Å². The molecule has 1 nitrogen and oxygen atoms in total. The fraction of sp³-hybridized carbons (Fsp3) is 0.917. The molecule has 1 radical (unpaired) electrons. The van der Waals surface area contributed by atoms with E-state index >= 15 is 0 Å². The number of nitrogens with zero attached hydrogens (tertiary/aromatic N) is 1. The first-order chi connectivity index (χ1) is 7.00. The van der Waals surface area contributed by atoms with E-state index in [-0.39, 0.29) is 6.42 Å². The van der Waals surface area contributed by atoms with Crippen LogP contribution in [-0.2, 0) is 0 Å². The highest BCUT2D eigenvalue weighted by molar-refractivity contribution is 5.08. The highest BCUT2D eigenvalue weighted by Gasteiger charge is 2.48. The highest BCUT2D eigenvalue weighted by Crippen LogP contribution is 2.45. The van der Waals surface area contributed by atoms with Gasteiger partial charge in [-0.15, -0.1) is 0 Å². The normalized spacial score (nSPS) is 38.4. The number of rotatable bonds is 1. The lowest BCUT2D eigenvalue weighted by Crippen LogP contribution is -2.45. The average molecular weight is 216 g/mol. The number of piperidine rings is 1. The van der Waals surface area contributed by atoms with Gasteiger partial charge < -0.3 is 0 Å². The van der Waals surface area contributed by atoms with E-state index in [1.165, 1.54) is 0 Å². The van der Waals surface area contributed by atoms with Gasteiger partial charge in [-0.2, -0.15) is 0 Å². The Balaban J connectivity index is 1.99. The third-order valence-corrected chi connectivity index (χ3v) is 4.04. The van der Waals surface area contributed by atoms with E-state index in [1.807, 2.05) is 4.90 Å². The van der Waals surface area contributed by atoms with Crippen LogP contribution in [0, 0.1) is 17.9 Å². The largest absolute Gasteiger partial charge is 0.290 e. The maximum Gasteiger partial charge on any atom is 0.268 e. The number of alkyl halides is 2. The number of hydrogen-bond acceptors (Lipinski definition) is 1. The van der Waals surface area contributed by atoms with Gasteiger partial charge in [-0.3, -0.25) is 4.90 Å². The minimum Gasteiger partial charge on any atom is -0.290 e. The summed E-state index contributed by atoms with van der Waals surface area (Å²) in [6.45, 7) is 6.05. The zero-order valence-electron chi connectivity index (χ0n) is 9.60. The van der Waals surface area contributed by atoms with Crippen LogP contribution >= 0.6 is 0 Å². The maximum atomic E-state index is 13.5. The smallest absolute Gasteiger partial charge is 0.268 e. The molecule has 2 aliphatic rings. The van der Waals surface area contributed by atoms with Crippen LogP contribution in [0.15, 0.2) is 0 Å². The first kappa shape index (κ1) is 11.3. The van der Waals surface area contributed by atoms with Crippen LogP contribution < -0.4 is 0 Å². The van der Waals surface area contributed by atoms with Crippen molar-refractivity contribution in [2.75, 3.05) is 13.1 Å². The first-order valence-electron chi connectivity index (χ1n) is 6.00. The Bertz CT molecular complexity index is 230. The molecule has 0 aromatic rings. The summed E-state index contributed by atoms with van der Waals surface area (Å²) < 4.78 is 27.1. The van der Waals surface area contributed by atoms with Crippen LogP contribution in [0.5, 0.6) is 0 Å². The SMILES string of the molecule is CC1CCN([C]2CCCC2(F)F)CC1C. The van der Waals surface area contributed by atoms with Crippen LogP contribution in [0.2, 0.25) is 0 Å². The number of halogens is 2. The monoisotopic (exact) mass is 216 g/mol. The molecule has 1 saturated carbocycles. The lowest BCUT2D eigenvalue weighted by Gasteiger charge is -2.40. The summed E-state index contributed by atoms with van der Waals surface area (Å²) in [4.78, 5) is 1.96. The molecule has 15 heavy (non-hydrogen) atoms. The van der Waals surface area contributed by atoms with E-state index in [1.54, 1.807) is 0 Å². The van der Waals surface area contributed by atoms with Crippen molar-refractivity contribution in [3.8, 4) is 0 Å². The molecule has 1 aliphatic carbocycles. The Morgan fingerprint density at radius 2 is 2.00 bits per heavy atom. The molecule has 0 N–H and O–H groups in total. The molecule has 2 atom stereocenters. The average Bonchev–Trinajstić information content (AvgIpc) is 2.50. The van der Waals surface area contributed by atoms with Crippen LogP contribution in [0.25, 0.3) is 0 Å². The molecule has 2 rings (SSSR count). The van der Waals surface area contributed by atoms with E-state index in [0.29, 0.717) is 30.7 Å². The Hall–Kier alpha value is -0.180. The highest BCUT2D eigenvalue weighted by atomic mass is 19.3. The van der Waals surface area contributed by atoms with Gasteiger partial charge in [0, 0.05) is 13.0 Å². The maximum absolute atomic E-state index is 13.5. The molecule has 1 aliphatic heterocycles. The van der Waals surface area contributed by atoms with Gasteiger partial charge in [0.25, 0.3) is 5.92 Å². The predicted octanol–water partition coefficient (Wildman–Crippen LogP) is 3.32. The van der Waals surface area contributed by atoms with Crippen LogP contribution in [-0.4, -0.2) is 23.9 Å². The van der Waals surface area contributed by atoms with Crippen molar-refractivity contribution in [2.24, 2.45) is 11.8 Å². The van der Waals surface area contributed by atoms with Gasteiger partial charge >= 0.3 is 0 Å². The fourth-order valence-electron chi connectivity index (χ4n) is 2.70. The van der Waals surface area contributed by atoms with E-state index in [9.17, 15) is 8.78 Å². The van der Waals surface area contributed by atoms with Crippen molar-refractivity contribution >= 4 is 0 Å². The Morgan fingerprint density at radius 3 is 2.53 bits per heavy atom. The van der Waals surface area contributed by atoms with Gasteiger partial charge in [0.05, 0.1) is 0 Å². The van der Waals surface area contributed by atoms with Crippen molar-refractivity contribution in [1.29, 1.82) is 0 Å². The summed E-state index contributed by atoms with van der Waals surface area (Å²) >= 11 is 0.